The van der Waals surface area contributed by atoms with Gasteiger partial charge in [0.05, 0.1) is 0 Å². The molecule has 0 aromatic heterocycles. The van der Waals surface area contributed by atoms with Gasteiger partial charge >= 0.3 is 0 Å². The molecule has 1 unspecified atom stereocenters. The first-order valence-electron chi connectivity index (χ1n) is 6.50. The smallest absolute Gasteiger partial charge is 0.00970 e. The normalized spacial score (nSPS) is 13.6. The van der Waals surface area contributed by atoms with Gasteiger partial charge in [-0.2, -0.15) is 0 Å². The Balaban J connectivity index is 2.15. The van der Waals surface area contributed by atoms with E-state index in [1.807, 2.05) is 0 Å². The van der Waals surface area contributed by atoms with Crippen LogP contribution in [0.25, 0.3) is 0 Å². The largest absolute Gasteiger partial charge is 0.315 e. The summed E-state index contributed by atoms with van der Waals surface area (Å²) in [5.74, 6) is 0.575. The second kappa shape index (κ2) is 6.77. The van der Waals surface area contributed by atoms with Crippen molar-refractivity contribution in [1.29, 1.82) is 0 Å². The minimum absolute atomic E-state index is 0.215. The summed E-state index contributed by atoms with van der Waals surface area (Å²) in [6, 6.07) is 10.7. The van der Waals surface area contributed by atoms with Gasteiger partial charge in [0.25, 0.3) is 0 Å². The number of hydrogen-bond acceptors (Lipinski definition) is 2. The molecule has 0 bridgehead atoms. The first-order chi connectivity index (χ1) is 7.99. The van der Waals surface area contributed by atoms with Crippen molar-refractivity contribution in [1.82, 2.24) is 10.6 Å². The fraction of sp³-hybridized carbons (Fsp3) is 0.600. The average Bonchev–Trinajstić information content (AvgIpc) is 2.28. The van der Waals surface area contributed by atoms with Gasteiger partial charge in [-0.3, -0.25) is 0 Å². The molecular formula is C15H26N2. The van der Waals surface area contributed by atoms with E-state index < -0.39 is 0 Å². The van der Waals surface area contributed by atoms with Crippen molar-refractivity contribution in [3.8, 4) is 0 Å². The monoisotopic (exact) mass is 234 g/mol. The van der Waals surface area contributed by atoms with Crippen LogP contribution in [0.5, 0.6) is 0 Å². The van der Waals surface area contributed by atoms with Gasteiger partial charge < -0.3 is 10.6 Å². The van der Waals surface area contributed by atoms with Crippen molar-refractivity contribution in [2.75, 3.05) is 19.6 Å². The molecule has 0 heterocycles. The molecule has 0 radical (unpaired) electrons. The van der Waals surface area contributed by atoms with Crippen molar-refractivity contribution >= 4 is 0 Å². The zero-order valence-electron chi connectivity index (χ0n) is 11.6. The number of hydrogen-bond donors (Lipinski definition) is 2. The maximum absolute atomic E-state index is 3.49. The third-order valence-corrected chi connectivity index (χ3v) is 2.78. The molecule has 1 aromatic rings. The van der Waals surface area contributed by atoms with Crippen LogP contribution in [-0.2, 0) is 0 Å². The summed E-state index contributed by atoms with van der Waals surface area (Å²) in [6.07, 6.45) is 0. The quantitative estimate of drug-likeness (QED) is 0.740. The van der Waals surface area contributed by atoms with Gasteiger partial charge in [0.2, 0.25) is 0 Å². The van der Waals surface area contributed by atoms with E-state index >= 15 is 0 Å². The summed E-state index contributed by atoms with van der Waals surface area (Å²) in [5, 5.41) is 6.97. The highest BCUT2D eigenvalue weighted by atomic mass is 15.0. The molecule has 1 rings (SSSR count). The number of rotatable bonds is 6. The first kappa shape index (κ1) is 14.2. The molecule has 1 aromatic carbocycles. The summed E-state index contributed by atoms with van der Waals surface area (Å²) >= 11 is 0. The maximum Gasteiger partial charge on any atom is 0.00970 e. The van der Waals surface area contributed by atoms with Crippen LogP contribution in [0.4, 0.5) is 0 Å². The van der Waals surface area contributed by atoms with Gasteiger partial charge in [0.1, 0.15) is 0 Å². The van der Waals surface area contributed by atoms with E-state index in [1.165, 1.54) is 5.56 Å². The van der Waals surface area contributed by atoms with Gasteiger partial charge in [-0.15, -0.1) is 0 Å². The molecule has 0 saturated heterocycles. The van der Waals surface area contributed by atoms with Gasteiger partial charge in [-0.25, -0.2) is 0 Å². The van der Waals surface area contributed by atoms with Crippen LogP contribution in [0.1, 0.15) is 39.2 Å². The zero-order chi connectivity index (χ0) is 12.7. The van der Waals surface area contributed by atoms with Crippen molar-refractivity contribution in [2.45, 2.75) is 39.2 Å². The van der Waals surface area contributed by atoms with E-state index in [0.717, 1.165) is 19.6 Å². The third-order valence-electron chi connectivity index (χ3n) is 2.78. The molecule has 2 nitrogen and oxygen atoms in total. The number of benzene rings is 1. The van der Waals surface area contributed by atoms with Crippen LogP contribution >= 0.6 is 0 Å². The Morgan fingerprint density at radius 3 is 2.29 bits per heavy atom. The lowest BCUT2D eigenvalue weighted by Crippen LogP contribution is -2.40. The molecule has 2 N–H and O–H groups in total. The third kappa shape index (κ3) is 6.44. The lowest BCUT2D eigenvalue weighted by atomic mass is 10.0. The SMILES string of the molecule is CC(CNCCNC(C)(C)C)c1ccccc1. The molecule has 0 spiro atoms. The molecule has 0 saturated carbocycles. The van der Waals surface area contributed by atoms with E-state index in [4.69, 9.17) is 0 Å². The first-order valence-corrected chi connectivity index (χ1v) is 6.50. The minimum Gasteiger partial charge on any atom is -0.315 e. The Morgan fingerprint density at radius 1 is 1.06 bits per heavy atom. The van der Waals surface area contributed by atoms with E-state index in [-0.39, 0.29) is 5.54 Å². The molecular weight excluding hydrogens is 208 g/mol. The van der Waals surface area contributed by atoms with E-state index in [2.05, 4.69) is 68.7 Å². The summed E-state index contributed by atoms with van der Waals surface area (Å²) in [4.78, 5) is 0. The van der Waals surface area contributed by atoms with Crippen molar-refractivity contribution < 1.29 is 0 Å². The van der Waals surface area contributed by atoms with E-state index in [9.17, 15) is 0 Å². The van der Waals surface area contributed by atoms with Gasteiger partial charge in [-0.1, -0.05) is 37.3 Å². The molecule has 0 amide bonds. The lowest BCUT2D eigenvalue weighted by molar-refractivity contribution is 0.420. The second-order valence-electron chi connectivity index (χ2n) is 5.69. The maximum atomic E-state index is 3.49. The predicted octanol–water partition coefficient (Wildman–Crippen LogP) is 2.77. The lowest BCUT2D eigenvalue weighted by Gasteiger charge is -2.21. The molecule has 2 heteroatoms. The Bertz CT molecular complexity index is 300. The summed E-state index contributed by atoms with van der Waals surface area (Å²) < 4.78 is 0. The van der Waals surface area contributed by atoms with E-state index in [0.29, 0.717) is 5.92 Å². The standard InChI is InChI=1S/C15H26N2/c1-13(14-8-6-5-7-9-14)12-16-10-11-17-15(2,3)4/h5-9,13,16-17H,10-12H2,1-4H3. The van der Waals surface area contributed by atoms with Crippen LogP contribution in [0, 0.1) is 0 Å². The van der Waals surface area contributed by atoms with Gasteiger partial charge in [-0.05, 0) is 32.3 Å². The molecule has 96 valence electrons. The Morgan fingerprint density at radius 2 is 1.71 bits per heavy atom. The Labute approximate surface area is 106 Å². The van der Waals surface area contributed by atoms with Crippen molar-refractivity contribution in [3.63, 3.8) is 0 Å². The summed E-state index contributed by atoms with van der Waals surface area (Å²) in [6.45, 7) is 11.9. The van der Waals surface area contributed by atoms with Crippen molar-refractivity contribution in [2.24, 2.45) is 0 Å². The van der Waals surface area contributed by atoms with E-state index in [1.54, 1.807) is 0 Å². The summed E-state index contributed by atoms with van der Waals surface area (Å²) in [7, 11) is 0. The molecule has 0 fully saturated rings. The average molecular weight is 234 g/mol. The molecule has 17 heavy (non-hydrogen) atoms. The van der Waals surface area contributed by atoms with Gasteiger partial charge in [0, 0.05) is 25.2 Å². The van der Waals surface area contributed by atoms with Crippen LogP contribution in [0.2, 0.25) is 0 Å². The van der Waals surface area contributed by atoms with Crippen LogP contribution in [-0.4, -0.2) is 25.2 Å². The van der Waals surface area contributed by atoms with Gasteiger partial charge in [0.15, 0.2) is 0 Å². The fourth-order valence-corrected chi connectivity index (χ4v) is 1.74. The molecule has 0 aliphatic rings. The topological polar surface area (TPSA) is 24.1 Å². The fourth-order valence-electron chi connectivity index (χ4n) is 1.74. The highest BCUT2D eigenvalue weighted by Crippen LogP contribution is 2.12. The Kier molecular flexibility index (Phi) is 5.66. The highest BCUT2D eigenvalue weighted by molar-refractivity contribution is 5.18. The second-order valence-corrected chi connectivity index (χ2v) is 5.69. The van der Waals surface area contributed by atoms with Crippen LogP contribution < -0.4 is 10.6 Å². The highest BCUT2D eigenvalue weighted by Gasteiger charge is 2.07. The molecule has 0 aliphatic carbocycles. The van der Waals surface area contributed by atoms with Crippen molar-refractivity contribution in [3.05, 3.63) is 35.9 Å². The Hall–Kier alpha value is -0.860. The molecule has 1 atom stereocenters. The predicted molar refractivity (Wildman–Crippen MR) is 75.5 cm³/mol. The number of nitrogens with one attached hydrogen (secondary N) is 2. The molecule has 0 aliphatic heterocycles. The van der Waals surface area contributed by atoms with Crippen LogP contribution in [0.15, 0.2) is 30.3 Å². The zero-order valence-corrected chi connectivity index (χ0v) is 11.6. The summed E-state index contributed by atoms with van der Waals surface area (Å²) in [5.41, 5.74) is 1.62. The van der Waals surface area contributed by atoms with Crippen LogP contribution in [0.3, 0.4) is 0 Å². The minimum atomic E-state index is 0.215.